The molecule has 1 aliphatic heterocycles. The first-order chi connectivity index (χ1) is 15.6. The highest BCUT2D eigenvalue weighted by atomic mass is 16.5. The minimum absolute atomic E-state index is 0.272. The first kappa shape index (κ1) is 23.2. The number of aliphatic imine (C=N–C) groups is 1. The second-order valence-electron chi connectivity index (χ2n) is 7.47. The summed E-state index contributed by atoms with van der Waals surface area (Å²) in [6.07, 6.45) is 1.00. The number of rotatable bonds is 8. The Balaban J connectivity index is 1.66. The summed E-state index contributed by atoms with van der Waals surface area (Å²) >= 11 is 0. The fourth-order valence-electron chi connectivity index (χ4n) is 3.78. The molecule has 8 heteroatoms. The minimum Gasteiger partial charge on any atom is -0.496 e. The van der Waals surface area contributed by atoms with Crippen molar-refractivity contribution < 1.29 is 19.0 Å². The third-order valence-corrected chi connectivity index (χ3v) is 5.39. The van der Waals surface area contributed by atoms with Gasteiger partial charge in [-0.05, 0) is 43.2 Å². The van der Waals surface area contributed by atoms with Crippen molar-refractivity contribution in [2.45, 2.75) is 25.9 Å². The molecular weight excluding hydrogens is 408 g/mol. The highest BCUT2D eigenvalue weighted by molar-refractivity contribution is 5.92. The van der Waals surface area contributed by atoms with Crippen LogP contribution in [0.25, 0.3) is 0 Å². The number of nitrogens with zero attached hydrogens (tertiary/aromatic N) is 2. The highest BCUT2D eigenvalue weighted by Crippen LogP contribution is 2.30. The van der Waals surface area contributed by atoms with Gasteiger partial charge in [-0.3, -0.25) is 0 Å². The molecule has 172 valence electrons. The van der Waals surface area contributed by atoms with Gasteiger partial charge in [0.15, 0.2) is 5.96 Å². The molecule has 0 aliphatic carbocycles. The third kappa shape index (κ3) is 5.63. The van der Waals surface area contributed by atoms with E-state index in [-0.39, 0.29) is 6.04 Å². The Morgan fingerprint density at radius 2 is 1.91 bits per heavy atom. The summed E-state index contributed by atoms with van der Waals surface area (Å²) in [5.41, 5.74) is 2.45. The maximum absolute atomic E-state index is 11.9. The molecule has 0 saturated carbocycles. The van der Waals surface area contributed by atoms with Gasteiger partial charge in [-0.2, -0.15) is 0 Å². The van der Waals surface area contributed by atoms with Crippen molar-refractivity contribution in [2.75, 3.05) is 45.9 Å². The molecule has 1 heterocycles. The normalized spacial score (nSPS) is 15.9. The number of para-hydroxylation sites is 2. The van der Waals surface area contributed by atoms with Crippen molar-refractivity contribution in [3.8, 4) is 11.5 Å². The summed E-state index contributed by atoms with van der Waals surface area (Å²) in [6, 6.07) is 13.7. The van der Waals surface area contributed by atoms with Gasteiger partial charge in [0.05, 0.1) is 33.6 Å². The van der Waals surface area contributed by atoms with E-state index in [0.29, 0.717) is 17.9 Å². The predicted octanol–water partition coefficient (Wildman–Crippen LogP) is 2.82. The lowest BCUT2D eigenvalue weighted by Gasteiger charge is -2.22. The lowest BCUT2D eigenvalue weighted by atomic mass is 10.1. The Morgan fingerprint density at radius 3 is 2.62 bits per heavy atom. The molecule has 3 rings (SSSR count). The van der Waals surface area contributed by atoms with Gasteiger partial charge in [0, 0.05) is 25.7 Å². The van der Waals surface area contributed by atoms with Crippen LogP contribution in [-0.4, -0.2) is 58.9 Å². The number of carbonyl (C=O) groups is 1. The summed E-state index contributed by atoms with van der Waals surface area (Å²) in [5, 5.41) is 6.86. The van der Waals surface area contributed by atoms with Crippen LogP contribution in [0.5, 0.6) is 11.5 Å². The Morgan fingerprint density at radius 1 is 1.12 bits per heavy atom. The average Bonchev–Trinajstić information content (AvgIpc) is 3.30. The molecule has 8 nitrogen and oxygen atoms in total. The Labute approximate surface area is 189 Å². The molecule has 2 aromatic rings. The lowest BCUT2D eigenvalue weighted by molar-refractivity contribution is 0.0597. The summed E-state index contributed by atoms with van der Waals surface area (Å²) in [7, 11) is 4.59. The first-order valence-electron chi connectivity index (χ1n) is 10.8. The standard InChI is InChI=1S/C24H32N4O4/c1-5-25-24(26-15-17-10-11-19(23(29)32-4)22(14-17)31-3)27-18-12-13-28(16-18)20-8-6-7-9-21(20)30-2/h6-11,14,18H,5,12-13,15-16H2,1-4H3,(H2,25,26,27). The van der Waals surface area contributed by atoms with Crippen LogP contribution in [0.15, 0.2) is 47.5 Å². The third-order valence-electron chi connectivity index (χ3n) is 5.39. The van der Waals surface area contributed by atoms with E-state index in [0.717, 1.165) is 49.0 Å². The molecule has 2 aromatic carbocycles. The molecule has 1 unspecified atom stereocenters. The summed E-state index contributed by atoms with van der Waals surface area (Å²) in [6.45, 7) is 5.08. The number of hydrogen-bond donors (Lipinski definition) is 2. The van der Waals surface area contributed by atoms with E-state index in [4.69, 9.17) is 19.2 Å². The van der Waals surface area contributed by atoms with Crippen LogP contribution >= 0.6 is 0 Å². The zero-order valence-corrected chi connectivity index (χ0v) is 19.2. The molecule has 0 bridgehead atoms. The molecule has 1 aliphatic rings. The maximum Gasteiger partial charge on any atom is 0.341 e. The Kier molecular flexibility index (Phi) is 8.19. The van der Waals surface area contributed by atoms with Crippen LogP contribution in [0.1, 0.15) is 29.3 Å². The lowest BCUT2D eigenvalue weighted by Crippen LogP contribution is -2.44. The smallest absolute Gasteiger partial charge is 0.341 e. The molecule has 0 aromatic heterocycles. The van der Waals surface area contributed by atoms with Gasteiger partial charge >= 0.3 is 5.97 Å². The zero-order chi connectivity index (χ0) is 22.9. The van der Waals surface area contributed by atoms with Gasteiger partial charge in [-0.15, -0.1) is 0 Å². The fourth-order valence-corrected chi connectivity index (χ4v) is 3.78. The number of guanidine groups is 1. The SMILES string of the molecule is CCNC(=NCc1ccc(C(=O)OC)c(OC)c1)NC1CCN(c2ccccc2OC)C1. The summed E-state index contributed by atoms with van der Waals surface area (Å²) in [4.78, 5) is 18.9. The molecule has 1 fully saturated rings. The maximum atomic E-state index is 11.9. The van der Waals surface area contributed by atoms with Crippen molar-refractivity contribution in [3.05, 3.63) is 53.6 Å². The second-order valence-corrected chi connectivity index (χ2v) is 7.47. The van der Waals surface area contributed by atoms with E-state index in [1.165, 1.54) is 14.2 Å². The Bertz CT molecular complexity index is 947. The van der Waals surface area contributed by atoms with Gasteiger partial charge in [0.2, 0.25) is 0 Å². The van der Waals surface area contributed by atoms with E-state index < -0.39 is 5.97 Å². The summed E-state index contributed by atoms with van der Waals surface area (Å²) < 4.78 is 15.7. The van der Waals surface area contributed by atoms with E-state index in [2.05, 4.69) is 21.6 Å². The molecule has 2 N–H and O–H groups in total. The van der Waals surface area contributed by atoms with Gasteiger partial charge in [0.25, 0.3) is 0 Å². The van der Waals surface area contributed by atoms with E-state index in [1.54, 1.807) is 13.2 Å². The van der Waals surface area contributed by atoms with Crippen LogP contribution in [0.4, 0.5) is 5.69 Å². The van der Waals surface area contributed by atoms with Crippen LogP contribution in [0, 0.1) is 0 Å². The number of methoxy groups -OCH3 is 3. The number of ether oxygens (including phenoxy) is 3. The van der Waals surface area contributed by atoms with Gasteiger partial charge in [-0.25, -0.2) is 9.79 Å². The number of nitrogens with one attached hydrogen (secondary N) is 2. The number of anilines is 1. The monoisotopic (exact) mass is 440 g/mol. The van der Waals surface area contributed by atoms with Gasteiger partial charge < -0.3 is 29.7 Å². The van der Waals surface area contributed by atoms with Crippen molar-refractivity contribution in [1.82, 2.24) is 10.6 Å². The number of esters is 1. The number of hydrogen-bond acceptors (Lipinski definition) is 6. The van der Waals surface area contributed by atoms with E-state index in [1.807, 2.05) is 37.3 Å². The molecule has 1 saturated heterocycles. The van der Waals surface area contributed by atoms with Crippen LogP contribution in [-0.2, 0) is 11.3 Å². The van der Waals surface area contributed by atoms with Crippen LogP contribution in [0.2, 0.25) is 0 Å². The minimum atomic E-state index is -0.423. The Hall–Kier alpha value is -3.42. The molecular formula is C24H32N4O4. The predicted molar refractivity (Wildman–Crippen MR) is 126 cm³/mol. The van der Waals surface area contributed by atoms with E-state index >= 15 is 0 Å². The van der Waals surface area contributed by atoms with Crippen LogP contribution in [0.3, 0.4) is 0 Å². The van der Waals surface area contributed by atoms with Gasteiger partial charge in [-0.1, -0.05) is 18.2 Å². The van der Waals surface area contributed by atoms with Crippen LogP contribution < -0.4 is 25.0 Å². The molecule has 0 radical (unpaired) electrons. The number of carbonyl (C=O) groups excluding carboxylic acids is 1. The van der Waals surface area contributed by atoms with Crippen molar-refractivity contribution in [1.29, 1.82) is 0 Å². The van der Waals surface area contributed by atoms with Crippen molar-refractivity contribution in [3.63, 3.8) is 0 Å². The first-order valence-corrected chi connectivity index (χ1v) is 10.8. The second kappa shape index (κ2) is 11.3. The fraction of sp³-hybridized carbons (Fsp3) is 0.417. The molecule has 0 amide bonds. The van der Waals surface area contributed by atoms with Crippen molar-refractivity contribution in [2.24, 2.45) is 4.99 Å². The zero-order valence-electron chi connectivity index (χ0n) is 19.2. The summed E-state index contributed by atoms with van der Waals surface area (Å²) in [5.74, 6) is 1.70. The number of benzene rings is 2. The van der Waals surface area contributed by atoms with E-state index in [9.17, 15) is 4.79 Å². The highest BCUT2D eigenvalue weighted by Gasteiger charge is 2.25. The molecule has 1 atom stereocenters. The molecule has 32 heavy (non-hydrogen) atoms. The quantitative estimate of drug-likeness (QED) is 0.371. The molecule has 0 spiro atoms. The largest absolute Gasteiger partial charge is 0.496 e. The van der Waals surface area contributed by atoms with Crippen molar-refractivity contribution >= 4 is 17.6 Å². The topological polar surface area (TPSA) is 84.4 Å². The van der Waals surface area contributed by atoms with Gasteiger partial charge in [0.1, 0.15) is 17.1 Å². The average molecular weight is 441 g/mol.